The first-order chi connectivity index (χ1) is 14.5. The van der Waals surface area contributed by atoms with Crippen molar-refractivity contribution in [1.82, 2.24) is 4.90 Å². The molecular weight excluding hydrogens is 419 g/mol. The minimum atomic E-state index is -4.43. The Morgan fingerprint density at radius 2 is 1.45 bits per heavy atom. The molecule has 31 heavy (non-hydrogen) atoms. The maximum Gasteiger partial charge on any atom is 0.409 e. The highest BCUT2D eigenvalue weighted by Gasteiger charge is 2.20. The van der Waals surface area contributed by atoms with Gasteiger partial charge >= 0.3 is 6.09 Å². The van der Waals surface area contributed by atoms with E-state index in [4.69, 9.17) is 13.8 Å². The van der Waals surface area contributed by atoms with Crippen LogP contribution >= 0.6 is 7.82 Å². The van der Waals surface area contributed by atoms with Gasteiger partial charge in [0, 0.05) is 14.1 Å². The van der Waals surface area contributed by atoms with E-state index in [0.29, 0.717) is 17.4 Å². The lowest BCUT2D eigenvalue weighted by Crippen LogP contribution is -2.37. The number of carbonyl (C=O) groups is 1. The molecule has 0 aromatic heterocycles. The molecule has 0 aliphatic heterocycles. The van der Waals surface area contributed by atoms with Crippen LogP contribution in [0.1, 0.15) is 77.6 Å². The summed E-state index contributed by atoms with van der Waals surface area (Å²) in [5.74, 6) is 0. The summed E-state index contributed by atoms with van der Waals surface area (Å²) in [5.41, 5.74) is 0. The smallest absolute Gasteiger partial charge is 0.409 e. The van der Waals surface area contributed by atoms with Crippen molar-refractivity contribution >= 4 is 13.9 Å². The lowest BCUT2D eigenvalue weighted by molar-refractivity contribution is -0.870. The van der Waals surface area contributed by atoms with Crippen LogP contribution in [-0.4, -0.2) is 76.6 Å². The molecule has 0 aromatic carbocycles. The Morgan fingerprint density at radius 3 is 1.94 bits per heavy atom. The number of hydrogen-bond donors (Lipinski definition) is 0. The molecule has 2 unspecified atom stereocenters. The van der Waals surface area contributed by atoms with E-state index in [0.717, 1.165) is 19.3 Å². The maximum atomic E-state index is 12.0. The van der Waals surface area contributed by atoms with Crippen LogP contribution in [0.5, 0.6) is 0 Å². The van der Waals surface area contributed by atoms with Crippen molar-refractivity contribution in [3.8, 4) is 0 Å². The van der Waals surface area contributed by atoms with E-state index >= 15 is 0 Å². The maximum absolute atomic E-state index is 12.0. The summed E-state index contributed by atoms with van der Waals surface area (Å²) in [5, 5.41) is 0. The van der Waals surface area contributed by atoms with Crippen molar-refractivity contribution in [2.24, 2.45) is 0 Å². The largest absolute Gasteiger partial charge is 0.756 e. The molecule has 0 radical (unpaired) electrons. The molecule has 186 valence electrons. The van der Waals surface area contributed by atoms with Crippen LogP contribution in [0.15, 0.2) is 0 Å². The number of ether oxygens (including phenoxy) is 1. The lowest BCUT2D eigenvalue weighted by atomic mass is 10.0. The van der Waals surface area contributed by atoms with E-state index in [1.165, 1.54) is 49.8 Å². The number of nitrogens with zero attached hydrogens (tertiary/aromatic N) is 2. The number of hydrogen-bond acceptors (Lipinski definition) is 6. The van der Waals surface area contributed by atoms with Crippen molar-refractivity contribution in [2.75, 3.05) is 55.0 Å². The molecule has 0 saturated heterocycles. The predicted molar refractivity (Wildman–Crippen MR) is 123 cm³/mol. The Balaban J connectivity index is 4.26. The van der Waals surface area contributed by atoms with Gasteiger partial charge in [-0.3, -0.25) is 4.57 Å². The van der Waals surface area contributed by atoms with E-state index in [1.54, 1.807) is 14.1 Å². The van der Waals surface area contributed by atoms with Gasteiger partial charge < -0.3 is 28.1 Å². The van der Waals surface area contributed by atoms with Gasteiger partial charge in [-0.2, -0.15) is 0 Å². The Morgan fingerprint density at radius 1 is 0.935 bits per heavy atom. The second kappa shape index (κ2) is 16.9. The Bertz CT molecular complexity index is 511. The van der Waals surface area contributed by atoms with Crippen molar-refractivity contribution < 1.29 is 32.5 Å². The number of phosphoric ester groups is 1. The average molecular weight is 467 g/mol. The second-order valence-electron chi connectivity index (χ2n) is 9.46. The number of amides is 1. The van der Waals surface area contributed by atoms with Crippen LogP contribution in [0, 0.1) is 0 Å². The van der Waals surface area contributed by atoms with Crippen LogP contribution in [0.2, 0.25) is 0 Å². The predicted octanol–water partition coefficient (Wildman–Crippen LogP) is 4.57. The number of rotatable bonds is 19. The number of carbonyl (C=O) groups excluding carboxylic acids is 1. The van der Waals surface area contributed by atoms with E-state index in [9.17, 15) is 14.3 Å². The second-order valence-corrected chi connectivity index (χ2v) is 10.9. The van der Waals surface area contributed by atoms with Gasteiger partial charge in [-0.15, -0.1) is 0 Å². The Kier molecular flexibility index (Phi) is 16.5. The zero-order valence-corrected chi connectivity index (χ0v) is 21.7. The van der Waals surface area contributed by atoms with E-state index < -0.39 is 20.0 Å². The highest BCUT2D eigenvalue weighted by atomic mass is 31.2. The highest BCUT2D eigenvalue weighted by molar-refractivity contribution is 7.45. The molecule has 0 aliphatic rings. The third-order valence-corrected chi connectivity index (χ3v) is 5.91. The number of phosphoric acid groups is 1. The van der Waals surface area contributed by atoms with E-state index in [-0.39, 0.29) is 13.2 Å². The Hall–Kier alpha value is -0.660. The summed E-state index contributed by atoms with van der Waals surface area (Å²) in [6.45, 7) is 2.59. The third kappa shape index (κ3) is 19.7. The fraction of sp³-hybridized carbons (Fsp3) is 0.955. The standard InChI is InChI=1S/C22H47N2O6P/c1-7-8-9-10-11-12-13-14-15-16-17-21(30-22(25)23(2)3)20-29-31(26,27)28-19-18-24(4,5)6/h21H,7-20H2,1-6H3. The zero-order valence-electron chi connectivity index (χ0n) is 20.8. The van der Waals surface area contributed by atoms with Crippen LogP contribution in [0.25, 0.3) is 0 Å². The minimum absolute atomic E-state index is 0.0465. The Labute approximate surface area is 190 Å². The molecule has 8 nitrogen and oxygen atoms in total. The SMILES string of the molecule is CCCCCCCCCCCCC(COP(=O)([O-])OCC[N+](C)(C)C)OC(=O)N(C)C. The molecule has 0 rings (SSSR count). The van der Waals surface area contributed by atoms with Crippen molar-refractivity contribution in [3.05, 3.63) is 0 Å². The molecule has 0 bridgehead atoms. The molecule has 0 N–H and O–H groups in total. The summed E-state index contributed by atoms with van der Waals surface area (Å²) in [6, 6.07) is 0. The van der Waals surface area contributed by atoms with Gasteiger partial charge in [-0.1, -0.05) is 64.7 Å². The highest BCUT2D eigenvalue weighted by Crippen LogP contribution is 2.38. The third-order valence-electron chi connectivity index (χ3n) is 4.94. The molecule has 0 spiro atoms. The van der Waals surface area contributed by atoms with Crippen molar-refractivity contribution in [2.45, 2.75) is 83.7 Å². The van der Waals surface area contributed by atoms with Crippen LogP contribution in [0.3, 0.4) is 0 Å². The van der Waals surface area contributed by atoms with Gasteiger partial charge in [-0.25, -0.2) is 4.79 Å². The van der Waals surface area contributed by atoms with Gasteiger partial charge in [-0.05, 0) is 12.8 Å². The fourth-order valence-corrected chi connectivity index (χ4v) is 3.65. The van der Waals surface area contributed by atoms with Gasteiger partial charge in [0.25, 0.3) is 7.82 Å². The van der Waals surface area contributed by atoms with Crippen LogP contribution in [0.4, 0.5) is 4.79 Å². The van der Waals surface area contributed by atoms with Crippen molar-refractivity contribution in [3.63, 3.8) is 0 Å². The molecule has 0 saturated carbocycles. The summed E-state index contributed by atoms with van der Waals surface area (Å²) in [7, 11) is 4.59. The molecule has 1 amide bonds. The summed E-state index contributed by atoms with van der Waals surface area (Å²) in [4.78, 5) is 25.2. The lowest BCUT2D eigenvalue weighted by Gasteiger charge is -2.28. The number of likely N-dealkylation sites (N-methyl/N-ethyl adjacent to an activating group) is 1. The first kappa shape index (κ1) is 30.3. The fourth-order valence-electron chi connectivity index (χ4n) is 2.92. The number of unbranched alkanes of at least 4 members (excludes halogenated alkanes) is 9. The summed E-state index contributed by atoms with van der Waals surface area (Å²) >= 11 is 0. The summed E-state index contributed by atoms with van der Waals surface area (Å²) in [6.07, 6.45) is 11.5. The van der Waals surface area contributed by atoms with E-state index in [1.807, 2.05) is 21.1 Å². The molecule has 0 aliphatic carbocycles. The van der Waals surface area contributed by atoms with Crippen LogP contribution < -0.4 is 4.89 Å². The number of quaternary nitrogens is 1. The quantitative estimate of drug-likeness (QED) is 0.157. The monoisotopic (exact) mass is 466 g/mol. The molecule has 2 atom stereocenters. The summed E-state index contributed by atoms with van der Waals surface area (Å²) < 4.78 is 27.9. The molecular formula is C22H47N2O6P. The molecule has 9 heteroatoms. The minimum Gasteiger partial charge on any atom is -0.756 e. The molecule has 0 aromatic rings. The normalized spacial score (nSPS) is 14.8. The van der Waals surface area contributed by atoms with Gasteiger partial charge in [0.1, 0.15) is 19.3 Å². The zero-order chi connectivity index (χ0) is 23.8. The molecule has 0 fully saturated rings. The topological polar surface area (TPSA) is 88.1 Å². The van der Waals surface area contributed by atoms with Crippen LogP contribution in [-0.2, 0) is 18.3 Å². The average Bonchev–Trinajstić information content (AvgIpc) is 2.65. The first-order valence-electron chi connectivity index (χ1n) is 11.8. The molecule has 0 heterocycles. The van der Waals surface area contributed by atoms with Crippen molar-refractivity contribution in [1.29, 1.82) is 0 Å². The first-order valence-corrected chi connectivity index (χ1v) is 13.2. The van der Waals surface area contributed by atoms with Gasteiger partial charge in [0.15, 0.2) is 0 Å². The van der Waals surface area contributed by atoms with Gasteiger partial charge in [0.05, 0.1) is 27.7 Å². The van der Waals surface area contributed by atoms with E-state index in [2.05, 4.69) is 6.92 Å². The van der Waals surface area contributed by atoms with Gasteiger partial charge in [0.2, 0.25) is 0 Å².